The number of carboxylic acid groups (broad SMARTS) is 1. The van der Waals surface area contributed by atoms with Crippen molar-refractivity contribution in [1.82, 2.24) is 24.0 Å². The van der Waals surface area contributed by atoms with Crippen molar-refractivity contribution in [2.45, 2.75) is 26.6 Å². The molecule has 0 atom stereocenters. The van der Waals surface area contributed by atoms with E-state index in [9.17, 15) is 19.5 Å². The highest BCUT2D eigenvalue weighted by Gasteiger charge is 2.25. The molecule has 11 nitrogen and oxygen atoms in total. The van der Waals surface area contributed by atoms with Crippen molar-refractivity contribution < 1.29 is 14.6 Å². The summed E-state index contributed by atoms with van der Waals surface area (Å²) >= 11 is 0. The molecule has 0 bridgehead atoms. The molecule has 4 rings (SSSR count). The quantitative estimate of drug-likeness (QED) is 0.443. The fourth-order valence-electron chi connectivity index (χ4n) is 3.94. The van der Waals surface area contributed by atoms with Crippen LogP contribution in [0.1, 0.15) is 6.92 Å². The summed E-state index contributed by atoms with van der Waals surface area (Å²) in [6.07, 6.45) is 0. The van der Waals surface area contributed by atoms with E-state index >= 15 is 0 Å². The SMILES string of the molecule is CC#CCn1c(N2CCNCC2)nc2c1c(=O)n(CCOc1ccccc1)c(=O)n2CC(=O)O. The Labute approximate surface area is 195 Å². The first kappa shape index (κ1) is 23.1. The number of piperazine rings is 1. The predicted octanol–water partition coefficient (Wildman–Crippen LogP) is -0.0438. The lowest BCUT2D eigenvalue weighted by atomic mass is 10.3. The van der Waals surface area contributed by atoms with Gasteiger partial charge in [0, 0.05) is 26.2 Å². The van der Waals surface area contributed by atoms with Crippen LogP contribution in [-0.4, -0.2) is 62.5 Å². The van der Waals surface area contributed by atoms with Crippen LogP contribution in [0.15, 0.2) is 39.9 Å². The second-order valence-electron chi connectivity index (χ2n) is 7.71. The number of carboxylic acids is 1. The normalized spacial score (nSPS) is 13.5. The van der Waals surface area contributed by atoms with Crippen LogP contribution in [0.25, 0.3) is 11.2 Å². The molecule has 0 unspecified atom stereocenters. The fourth-order valence-corrected chi connectivity index (χ4v) is 3.94. The van der Waals surface area contributed by atoms with E-state index in [1.807, 2.05) is 23.1 Å². The van der Waals surface area contributed by atoms with E-state index < -0.39 is 23.8 Å². The van der Waals surface area contributed by atoms with Crippen LogP contribution in [0.5, 0.6) is 5.75 Å². The summed E-state index contributed by atoms with van der Waals surface area (Å²) < 4.78 is 9.37. The van der Waals surface area contributed by atoms with Crippen LogP contribution in [0.4, 0.5) is 5.95 Å². The lowest BCUT2D eigenvalue weighted by molar-refractivity contribution is -0.137. The van der Waals surface area contributed by atoms with E-state index in [4.69, 9.17) is 4.74 Å². The first-order valence-corrected chi connectivity index (χ1v) is 11.0. The molecule has 11 heteroatoms. The molecule has 1 aliphatic heterocycles. The van der Waals surface area contributed by atoms with Crippen molar-refractivity contribution in [3.8, 4) is 17.6 Å². The highest BCUT2D eigenvalue weighted by molar-refractivity contribution is 5.77. The monoisotopic (exact) mass is 466 g/mol. The minimum absolute atomic E-state index is 0.0454. The average molecular weight is 466 g/mol. The molecule has 1 aromatic carbocycles. The van der Waals surface area contributed by atoms with Crippen LogP contribution in [-0.2, 0) is 24.4 Å². The summed E-state index contributed by atoms with van der Waals surface area (Å²) in [4.78, 5) is 44.9. The number of aliphatic carboxylic acids is 1. The lowest BCUT2D eigenvalue weighted by Crippen LogP contribution is -2.44. The number of anilines is 1. The zero-order valence-electron chi connectivity index (χ0n) is 18.9. The standard InChI is InChI=1S/C23H26N6O5/c1-2-3-11-27-19-20(25-22(27)26-12-9-24-10-13-26)29(16-18(30)31)23(33)28(21(19)32)14-15-34-17-7-5-4-6-8-17/h4-8,24H,9-16H2,1H3,(H,30,31). The zero-order valence-corrected chi connectivity index (χ0v) is 18.9. The van der Waals surface area contributed by atoms with Gasteiger partial charge in [-0.25, -0.2) is 4.79 Å². The van der Waals surface area contributed by atoms with Gasteiger partial charge in [-0.15, -0.1) is 5.92 Å². The Balaban J connectivity index is 1.84. The highest BCUT2D eigenvalue weighted by atomic mass is 16.5. The van der Waals surface area contributed by atoms with Gasteiger partial charge in [0.15, 0.2) is 11.2 Å². The van der Waals surface area contributed by atoms with Gasteiger partial charge in [-0.05, 0) is 19.1 Å². The number of carbonyl (C=O) groups is 1. The number of nitrogens with zero attached hydrogens (tertiary/aromatic N) is 5. The molecule has 0 radical (unpaired) electrons. The van der Waals surface area contributed by atoms with Crippen molar-refractivity contribution in [1.29, 1.82) is 0 Å². The second kappa shape index (κ2) is 10.3. The molecule has 1 saturated heterocycles. The molecular formula is C23H26N6O5. The molecule has 178 valence electrons. The van der Waals surface area contributed by atoms with Gasteiger partial charge in [0.25, 0.3) is 5.56 Å². The molecule has 1 aliphatic rings. The summed E-state index contributed by atoms with van der Waals surface area (Å²) in [6.45, 7) is 4.08. The van der Waals surface area contributed by atoms with Crippen molar-refractivity contribution in [3.63, 3.8) is 0 Å². The van der Waals surface area contributed by atoms with E-state index in [0.29, 0.717) is 24.8 Å². The summed E-state index contributed by atoms with van der Waals surface area (Å²) in [6, 6.07) is 9.03. The smallest absolute Gasteiger partial charge is 0.333 e. The molecular weight excluding hydrogens is 440 g/mol. The van der Waals surface area contributed by atoms with Gasteiger partial charge in [0.1, 0.15) is 18.9 Å². The molecule has 0 spiro atoms. The third-order valence-corrected chi connectivity index (χ3v) is 5.53. The van der Waals surface area contributed by atoms with Gasteiger partial charge in [-0.2, -0.15) is 4.98 Å². The molecule has 0 amide bonds. The highest BCUT2D eigenvalue weighted by Crippen LogP contribution is 2.20. The number of benzene rings is 1. The Kier molecular flexibility index (Phi) is 6.98. The summed E-state index contributed by atoms with van der Waals surface area (Å²) in [5.41, 5.74) is -1.10. The Bertz CT molecular complexity index is 1360. The molecule has 3 aromatic rings. The van der Waals surface area contributed by atoms with E-state index in [-0.39, 0.29) is 30.9 Å². The molecule has 0 aliphatic carbocycles. The van der Waals surface area contributed by atoms with E-state index in [0.717, 1.165) is 22.2 Å². The minimum atomic E-state index is -1.21. The Hall–Kier alpha value is -4.04. The maximum atomic E-state index is 13.5. The van der Waals surface area contributed by atoms with Gasteiger partial charge in [-0.1, -0.05) is 24.1 Å². The van der Waals surface area contributed by atoms with Gasteiger partial charge in [-0.3, -0.25) is 23.3 Å². The molecule has 3 heterocycles. The van der Waals surface area contributed by atoms with Gasteiger partial charge < -0.3 is 20.1 Å². The fraction of sp³-hybridized carbons (Fsp3) is 0.391. The molecule has 34 heavy (non-hydrogen) atoms. The van der Waals surface area contributed by atoms with E-state index in [1.165, 1.54) is 0 Å². The van der Waals surface area contributed by atoms with Crippen LogP contribution < -0.4 is 26.2 Å². The third-order valence-electron chi connectivity index (χ3n) is 5.53. The van der Waals surface area contributed by atoms with Crippen molar-refractivity contribution in [2.24, 2.45) is 0 Å². The zero-order chi connectivity index (χ0) is 24.1. The number of hydrogen-bond acceptors (Lipinski definition) is 7. The van der Waals surface area contributed by atoms with Crippen LogP contribution in [0, 0.1) is 11.8 Å². The Morgan fingerprint density at radius 1 is 1.15 bits per heavy atom. The van der Waals surface area contributed by atoms with Crippen LogP contribution >= 0.6 is 0 Å². The topological polar surface area (TPSA) is 124 Å². The maximum absolute atomic E-state index is 13.5. The predicted molar refractivity (Wildman–Crippen MR) is 126 cm³/mol. The number of aromatic nitrogens is 4. The molecule has 0 saturated carbocycles. The number of fused-ring (bicyclic) bond motifs is 1. The minimum Gasteiger partial charge on any atom is -0.492 e. The first-order valence-electron chi connectivity index (χ1n) is 11.0. The lowest BCUT2D eigenvalue weighted by Gasteiger charge is -2.28. The number of imidazole rings is 1. The number of rotatable bonds is 8. The summed E-state index contributed by atoms with van der Waals surface area (Å²) in [7, 11) is 0. The number of ether oxygens (including phenoxy) is 1. The van der Waals surface area contributed by atoms with Gasteiger partial charge in [0.2, 0.25) is 5.95 Å². The Morgan fingerprint density at radius 3 is 2.56 bits per heavy atom. The van der Waals surface area contributed by atoms with Gasteiger partial charge in [0.05, 0.1) is 13.1 Å². The summed E-state index contributed by atoms with van der Waals surface area (Å²) in [5, 5.41) is 12.7. The van der Waals surface area contributed by atoms with Crippen molar-refractivity contribution in [3.05, 3.63) is 51.2 Å². The number of hydrogen-bond donors (Lipinski definition) is 2. The second-order valence-corrected chi connectivity index (χ2v) is 7.71. The Morgan fingerprint density at radius 2 is 1.88 bits per heavy atom. The number of nitrogens with one attached hydrogen (secondary N) is 1. The first-order chi connectivity index (χ1) is 16.5. The summed E-state index contributed by atoms with van der Waals surface area (Å²) in [5.74, 6) is 5.68. The maximum Gasteiger partial charge on any atom is 0.333 e. The third kappa shape index (κ3) is 4.67. The van der Waals surface area contributed by atoms with Gasteiger partial charge >= 0.3 is 11.7 Å². The largest absolute Gasteiger partial charge is 0.492 e. The van der Waals surface area contributed by atoms with Crippen LogP contribution in [0.2, 0.25) is 0 Å². The van der Waals surface area contributed by atoms with Crippen molar-refractivity contribution in [2.75, 3.05) is 37.7 Å². The molecule has 2 N–H and O–H groups in total. The molecule has 1 fully saturated rings. The molecule has 2 aromatic heterocycles. The van der Waals surface area contributed by atoms with E-state index in [2.05, 4.69) is 22.1 Å². The van der Waals surface area contributed by atoms with Crippen LogP contribution in [0.3, 0.4) is 0 Å². The van der Waals surface area contributed by atoms with Crippen molar-refractivity contribution >= 4 is 23.1 Å². The van der Waals surface area contributed by atoms with E-state index in [1.54, 1.807) is 23.6 Å². The number of para-hydroxylation sites is 1. The average Bonchev–Trinajstić information content (AvgIpc) is 3.23.